The van der Waals surface area contributed by atoms with Crippen molar-refractivity contribution in [3.8, 4) is 0 Å². The maximum Gasteiger partial charge on any atom is 0.289 e. The average Bonchev–Trinajstić information content (AvgIpc) is 2.66. The first kappa shape index (κ1) is 16.9. The van der Waals surface area contributed by atoms with E-state index in [0.717, 1.165) is 5.56 Å². The zero-order chi connectivity index (χ0) is 18.0. The maximum absolute atomic E-state index is 12.7. The Morgan fingerprint density at radius 3 is 2.44 bits per heavy atom. The number of aliphatic hydroxyl groups is 1. The summed E-state index contributed by atoms with van der Waals surface area (Å²) in [5, 5.41) is 10.9. The van der Waals surface area contributed by atoms with Crippen molar-refractivity contribution in [2.45, 2.75) is 19.1 Å². The van der Waals surface area contributed by atoms with Crippen LogP contribution in [-0.2, 0) is 0 Å². The average molecular weight is 337 g/mol. The lowest BCUT2D eigenvalue weighted by atomic mass is 10.0. The van der Waals surface area contributed by atoms with Crippen molar-refractivity contribution in [3.05, 3.63) is 82.2 Å². The Hall–Kier alpha value is -2.92. The monoisotopic (exact) mass is 337 g/mol. The lowest BCUT2D eigenvalue weighted by Crippen LogP contribution is -2.39. The number of carbonyl (C=O) groups is 1. The van der Waals surface area contributed by atoms with Crippen LogP contribution >= 0.6 is 0 Å². The topological polar surface area (TPSA) is 70.8 Å². The first-order valence-electron chi connectivity index (χ1n) is 8.02. The molecule has 0 saturated carbocycles. The van der Waals surface area contributed by atoms with Gasteiger partial charge in [-0.1, -0.05) is 42.5 Å². The Labute approximate surface area is 145 Å². The molecule has 0 saturated heterocycles. The maximum atomic E-state index is 12.7. The molecule has 1 aromatic heterocycles. The predicted molar refractivity (Wildman–Crippen MR) is 95.4 cm³/mol. The number of benzene rings is 2. The third-order valence-corrected chi connectivity index (χ3v) is 4.37. The number of carbonyl (C=O) groups excluding carboxylic acids is 1. The third kappa shape index (κ3) is 3.32. The highest BCUT2D eigenvalue weighted by molar-refractivity contribution is 5.93. The van der Waals surface area contributed by atoms with E-state index < -0.39 is 18.1 Å². The van der Waals surface area contributed by atoms with Crippen LogP contribution in [-0.4, -0.2) is 29.0 Å². The van der Waals surface area contributed by atoms with Crippen LogP contribution in [0.2, 0.25) is 0 Å². The molecule has 1 heterocycles. The van der Waals surface area contributed by atoms with Crippen molar-refractivity contribution in [1.29, 1.82) is 0 Å². The summed E-state index contributed by atoms with van der Waals surface area (Å²) in [6, 6.07) is 16.6. The first-order chi connectivity index (χ1) is 12.0. The van der Waals surface area contributed by atoms with E-state index in [4.69, 9.17) is 4.42 Å². The molecule has 0 bridgehead atoms. The Morgan fingerprint density at radius 2 is 1.72 bits per heavy atom. The fraction of sp³-hybridized carbons (Fsp3) is 0.200. The van der Waals surface area contributed by atoms with Crippen LogP contribution in [0.5, 0.6) is 0 Å². The minimum Gasteiger partial charge on any atom is -0.451 e. The van der Waals surface area contributed by atoms with Crippen molar-refractivity contribution < 1.29 is 14.3 Å². The quantitative estimate of drug-likeness (QED) is 0.794. The van der Waals surface area contributed by atoms with Gasteiger partial charge in [0.05, 0.1) is 17.5 Å². The minimum atomic E-state index is -0.845. The summed E-state index contributed by atoms with van der Waals surface area (Å²) in [7, 11) is 1.58. The summed E-state index contributed by atoms with van der Waals surface area (Å²) in [6.07, 6.45) is -0.845. The summed E-state index contributed by atoms with van der Waals surface area (Å²) in [5.74, 6) is -0.497. The molecular formula is C20H19NO4. The zero-order valence-corrected chi connectivity index (χ0v) is 14.0. The van der Waals surface area contributed by atoms with E-state index in [1.165, 1.54) is 11.0 Å². The molecule has 128 valence electrons. The Bertz CT molecular complexity index is 949. The van der Waals surface area contributed by atoms with Gasteiger partial charge in [-0.15, -0.1) is 0 Å². The standard InChI is InChI=1S/C20H19NO4/c1-13(19(23)14-8-4-3-5-9-14)21(2)20(24)18-12-16(22)15-10-6-7-11-17(15)25-18/h3-13,19,23H,1-2H3/t13-,19-/m1/s1. The summed E-state index contributed by atoms with van der Waals surface area (Å²) in [4.78, 5) is 26.3. The molecule has 1 N–H and O–H groups in total. The number of hydrogen-bond donors (Lipinski definition) is 1. The molecule has 5 heteroatoms. The molecule has 2 aromatic carbocycles. The van der Waals surface area contributed by atoms with Crippen LogP contribution in [0.3, 0.4) is 0 Å². The lowest BCUT2D eigenvalue weighted by Gasteiger charge is -2.28. The van der Waals surface area contributed by atoms with Gasteiger partial charge >= 0.3 is 0 Å². The Balaban J connectivity index is 1.88. The zero-order valence-electron chi connectivity index (χ0n) is 14.0. The fourth-order valence-corrected chi connectivity index (χ4v) is 2.71. The molecule has 0 aliphatic rings. The summed E-state index contributed by atoms with van der Waals surface area (Å²) < 4.78 is 5.59. The Morgan fingerprint density at radius 1 is 1.08 bits per heavy atom. The number of aliphatic hydroxyl groups excluding tert-OH is 1. The van der Waals surface area contributed by atoms with Gasteiger partial charge in [-0.05, 0) is 24.6 Å². The number of rotatable bonds is 4. The second-order valence-electron chi connectivity index (χ2n) is 5.98. The van der Waals surface area contributed by atoms with Crippen molar-refractivity contribution in [2.24, 2.45) is 0 Å². The molecule has 0 spiro atoms. The number of hydrogen-bond acceptors (Lipinski definition) is 4. The Kier molecular flexibility index (Phi) is 4.67. The van der Waals surface area contributed by atoms with Crippen LogP contribution in [0, 0.1) is 0 Å². The van der Waals surface area contributed by atoms with E-state index in [2.05, 4.69) is 0 Å². The molecule has 3 aromatic rings. The van der Waals surface area contributed by atoms with E-state index in [1.54, 1.807) is 50.4 Å². The number of nitrogens with zero attached hydrogens (tertiary/aromatic N) is 1. The smallest absolute Gasteiger partial charge is 0.289 e. The van der Waals surface area contributed by atoms with Crippen LogP contribution in [0.4, 0.5) is 0 Å². The second-order valence-corrected chi connectivity index (χ2v) is 5.98. The molecular weight excluding hydrogens is 318 g/mol. The SMILES string of the molecule is C[C@H]([C@@H](O)c1ccccc1)N(C)C(=O)c1cc(=O)c2ccccc2o1. The number of likely N-dealkylation sites (N-methyl/N-ethyl adjacent to an activating group) is 1. The molecule has 0 unspecified atom stereocenters. The molecule has 3 rings (SSSR count). The highest BCUT2D eigenvalue weighted by Gasteiger charge is 2.26. The van der Waals surface area contributed by atoms with Gasteiger partial charge in [0.1, 0.15) is 5.58 Å². The van der Waals surface area contributed by atoms with Crippen LogP contribution < -0.4 is 5.43 Å². The van der Waals surface area contributed by atoms with E-state index >= 15 is 0 Å². The van der Waals surface area contributed by atoms with E-state index in [0.29, 0.717) is 11.0 Å². The molecule has 0 radical (unpaired) electrons. The normalized spacial score (nSPS) is 13.4. The lowest BCUT2D eigenvalue weighted by molar-refractivity contribution is 0.0462. The predicted octanol–water partition coefficient (Wildman–Crippen LogP) is 2.99. The van der Waals surface area contributed by atoms with Gasteiger partial charge in [-0.25, -0.2) is 0 Å². The van der Waals surface area contributed by atoms with Crippen molar-refractivity contribution in [3.63, 3.8) is 0 Å². The van der Waals surface area contributed by atoms with Gasteiger partial charge in [0.2, 0.25) is 0 Å². The van der Waals surface area contributed by atoms with Gasteiger partial charge < -0.3 is 14.4 Å². The van der Waals surface area contributed by atoms with Gasteiger partial charge in [0.15, 0.2) is 11.2 Å². The summed E-state index contributed by atoms with van der Waals surface area (Å²) >= 11 is 0. The molecule has 25 heavy (non-hydrogen) atoms. The van der Waals surface area contributed by atoms with E-state index in [-0.39, 0.29) is 11.2 Å². The van der Waals surface area contributed by atoms with Gasteiger partial charge in [0.25, 0.3) is 5.91 Å². The van der Waals surface area contributed by atoms with Gasteiger partial charge in [-0.2, -0.15) is 0 Å². The van der Waals surface area contributed by atoms with Crippen molar-refractivity contribution >= 4 is 16.9 Å². The van der Waals surface area contributed by atoms with E-state index in [1.807, 2.05) is 18.2 Å². The molecule has 1 amide bonds. The highest BCUT2D eigenvalue weighted by Crippen LogP contribution is 2.21. The first-order valence-corrected chi connectivity index (χ1v) is 8.02. The van der Waals surface area contributed by atoms with Gasteiger partial charge in [0, 0.05) is 13.1 Å². The largest absolute Gasteiger partial charge is 0.451 e. The van der Waals surface area contributed by atoms with Crippen molar-refractivity contribution in [1.82, 2.24) is 4.90 Å². The molecule has 0 aliphatic heterocycles. The number of para-hydroxylation sites is 1. The summed E-state index contributed by atoms with van der Waals surface area (Å²) in [5.41, 5.74) is 0.812. The molecule has 5 nitrogen and oxygen atoms in total. The minimum absolute atomic E-state index is 0.0432. The van der Waals surface area contributed by atoms with Crippen LogP contribution in [0.1, 0.15) is 29.1 Å². The number of fused-ring (bicyclic) bond motifs is 1. The number of amides is 1. The second kappa shape index (κ2) is 6.91. The third-order valence-electron chi connectivity index (χ3n) is 4.37. The van der Waals surface area contributed by atoms with Crippen LogP contribution in [0.15, 0.2) is 69.9 Å². The fourth-order valence-electron chi connectivity index (χ4n) is 2.71. The van der Waals surface area contributed by atoms with Gasteiger partial charge in [-0.3, -0.25) is 9.59 Å². The molecule has 0 aliphatic carbocycles. The molecule has 2 atom stereocenters. The molecule has 0 fully saturated rings. The highest BCUT2D eigenvalue weighted by atomic mass is 16.3. The van der Waals surface area contributed by atoms with Crippen LogP contribution in [0.25, 0.3) is 11.0 Å². The van der Waals surface area contributed by atoms with Crippen molar-refractivity contribution in [2.75, 3.05) is 7.05 Å². The summed E-state index contributed by atoms with van der Waals surface area (Å²) in [6.45, 7) is 1.74. The van der Waals surface area contributed by atoms with E-state index in [9.17, 15) is 14.7 Å².